The van der Waals surface area contributed by atoms with E-state index < -0.39 is 0 Å². The molecule has 0 spiro atoms. The largest absolute Gasteiger partial charge is 0.497 e. The first-order chi connectivity index (χ1) is 10.7. The molecule has 0 saturated carbocycles. The van der Waals surface area contributed by atoms with E-state index in [4.69, 9.17) is 4.74 Å². The lowest BCUT2D eigenvalue weighted by Gasteiger charge is -2.16. The summed E-state index contributed by atoms with van der Waals surface area (Å²) >= 11 is 0. The van der Waals surface area contributed by atoms with Gasteiger partial charge in [0.05, 0.1) is 13.7 Å². The quantitative estimate of drug-likeness (QED) is 0.853. The summed E-state index contributed by atoms with van der Waals surface area (Å²) in [6, 6.07) is 17.8. The molecule has 22 heavy (non-hydrogen) atoms. The fourth-order valence-corrected chi connectivity index (χ4v) is 2.24. The zero-order valence-electron chi connectivity index (χ0n) is 13.1. The Bertz CT molecular complexity index is 599. The first-order valence-corrected chi connectivity index (χ1v) is 7.29. The highest BCUT2D eigenvalue weighted by Gasteiger charge is 2.07. The molecule has 0 atom stereocenters. The van der Waals surface area contributed by atoms with Gasteiger partial charge in [0.2, 0.25) is 5.91 Å². The predicted octanol–water partition coefficient (Wildman–Crippen LogP) is 2.44. The average molecular weight is 298 g/mol. The third kappa shape index (κ3) is 5.22. The third-order valence-electron chi connectivity index (χ3n) is 3.33. The van der Waals surface area contributed by atoms with Gasteiger partial charge < -0.3 is 10.1 Å². The van der Waals surface area contributed by atoms with Crippen molar-refractivity contribution in [1.29, 1.82) is 0 Å². The Kier molecular flexibility index (Phi) is 5.98. The van der Waals surface area contributed by atoms with E-state index in [1.165, 1.54) is 0 Å². The monoisotopic (exact) mass is 298 g/mol. The zero-order valence-corrected chi connectivity index (χ0v) is 13.1. The first kappa shape index (κ1) is 16.0. The maximum atomic E-state index is 12.0. The van der Waals surface area contributed by atoms with E-state index in [0.29, 0.717) is 19.6 Å². The van der Waals surface area contributed by atoms with Gasteiger partial charge in [0.1, 0.15) is 5.75 Å². The summed E-state index contributed by atoms with van der Waals surface area (Å²) < 4.78 is 5.21. The van der Waals surface area contributed by atoms with Gasteiger partial charge in [0, 0.05) is 13.1 Å². The molecule has 0 heterocycles. The first-order valence-electron chi connectivity index (χ1n) is 7.29. The van der Waals surface area contributed by atoms with Crippen LogP contribution in [0.4, 0.5) is 0 Å². The molecule has 0 aliphatic heterocycles. The van der Waals surface area contributed by atoms with Gasteiger partial charge >= 0.3 is 0 Å². The molecule has 0 radical (unpaired) electrons. The van der Waals surface area contributed by atoms with Gasteiger partial charge in [0.15, 0.2) is 0 Å². The molecule has 2 aromatic rings. The summed E-state index contributed by atoms with van der Waals surface area (Å²) in [6.07, 6.45) is 0. The molecule has 1 amide bonds. The van der Waals surface area contributed by atoms with Gasteiger partial charge in [-0.1, -0.05) is 42.5 Å². The topological polar surface area (TPSA) is 41.6 Å². The van der Waals surface area contributed by atoms with Crippen LogP contribution in [0.3, 0.4) is 0 Å². The van der Waals surface area contributed by atoms with Crippen LogP contribution in [0, 0.1) is 0 Å². The molecule has 116 valence electrons. The van der Waals surface area contributed by atoms with Crippen molar-refractivity contribution in [2.75, 3.05) is 20.7 Å². The summed E-state index contributed by atoms with van der Waals surface area (Å²) in [6.45, 7) is 1.63. The highest BCUT2D eigenvalue weighted by atomic mass is 16.5. The van der Waals surface area contributed by atoms with E-state index in [9.17, 15) is 4.79 Å². The lowest BCUT2D eigenvalue weighted by Crippen LogP contribution is -2.34. The smallest absolute Gasteiger partial charge is 0.234 e. The fraction of sp³-hybridized carbons (Fsp3) is 0.278. The van der Waals surface area contributed by atoms with Crippen LogP contribution in [0.25, 0.3) is 0 Å². The summed E-state index contributed by atoms with van der Waals surface area (Å²) in [7, 11) is 3.58. The lowest BCUT2D eigenvalue weighted by molar-refractivity contribution is -0.122. The van der Waals surface area contributed by atoms with Crippen molar-refractivity contribution in [3.05, 3.63) is 65.7 Å². The Balaban J connectivity index is 1.78. The number of rotatable bonds is 7. The number of likely N-dealkylation sites (N-methyl/N-ethyl adjacent to an activating group) is 1. The number of hydrogen-bond donors (Lipinski definition) is 1. The van der Waals surface area contributed by atoms with Crippen LogP contribution in [0.1, 0.15) is 11.1 Å². The summed E-state index contributed by atoms with van der Waals surface area (Å²) in [5.41, 5.74) is 2.23. The van der Waals surface area contributed by atoms with E-state index in [0.717, 1.165) is 16.9 Å². The normalized spacial score (nSPS) is 10.5. The molecule has 2 rings (SSSR count). The van der Waals surface area contributed by atoms with E-state index in [2.05, 4.69) is 5.32 Å². The molecule has 4 heteroatoms. The van der Waals surface area contributed by atoms with Crippen molar-refractivity contribution in [2.24, 2.45) is 0 Å². The van der Waals surface area contributed by atoms with Gasteiger partial charge in [-0.15, -0.1) is 0 Å². The van der Waals surface area contributed by atoms with Crippen molar-refractivity contribution < 1.29 is 9.53 Å². The minimum Gasteiger partial charge on any atom is -0.497 e. The summed E-state index contributed by atoms with van der Waals surface area (Å²) in [4.78, 5) is 13.9. The van der Waals surface area contributed by atoms with Crippen LogP contribution >= 0.6 is 0 Å². The van der Waals surface area contributed by atoms with E-state index in [-0.39, 0.29) is 5.91 Å². The van der Waals surface area contributed by atoms with E-state index in [1.807, 2.05) is 66.5 Å². The van der Waals surface area contributed by atoms with E-state index >= 15 is 0 Å². The van der Waals surface area contributed by atoms with Crippen LogP contribution in [0.15, 0.2) is 54.6 Å². The Morgan fingerprint density at radius 1 is 1.09 bits per heavy atom. The Hall–Kier alpha value is -2.33. The number of carbonyl (C=O) groups excluding carboxylic acids is 1. The molecule has 0 fully saturated rings. The second kappa shape index (κ2) is 8.20. The molecule has 0 aliphatic carbocycles. The van der Waals surface area contributed by atoms with Crippen LogP contribution in [-0.2, 0) is 17.9 Å². The number of hydrogen-bond acceptors (Lipinski definition) is 3. The van der Waals surface area contributed by atoms with Crippen LogP contribution in [0.2, 0.25) is 0 Å². The maximum absolute atomic E-state index is 12.0. The molecule has 2 aromatic carbocycles. The Labute approximate surface area is 131 Å². The molecule has 0 saturated heterocycles. The number of benzene rings is 2. The molecular formula is C18H22N2O2. The minimum atomic E-state index is 0.0225. The highest BCUT2D eigenvalue weighted by molar-refractivity contribution is 5.77. The standard InChI is InChI=1S/C18H22N2O2/c1-20(13-16-9-6-10-17(11-16)22-2)14-18(21)19-12-15-7-4-3-5-8-15/h3-11H,12-14H2,1-2H3,(H,19,21). The second-order valence-electron chi connectivity index (χ2n) is 5.29. The van der Waals surface area contributed by atoms with Gasteiger partial charge in [-0.3, -0.25) is 9.69 Å². The summed E-state index contributed by atoms with van der Waals surface area (Å²) in [5, 5.41) is 2.93. The van der Waals surface area contributed by atoms with E-state index in [1.54, 1.807) is 7.11 Å². The molecule has 0 bridgehead atoms. The Morgan fingerprint density at radius 3 is 2.55 bits per heavy atom. The van der Waals surface area contributed by atoms with Crippen LogP contribution < -0.4 is 10.1 Å². The molecule has 0 unspecified atom stereocenters. The maximum Gasteiger partial charge on any atom is 0.234 e. The van der Waals surface area contributed by atoms with Gasteiger partial charge in [-0.2, -0.15) is 0 Å². The van der Waals surface area contributed by atoms with Crippen molar-refractivity contribution in [3.8, 4) is 5.75 Å². The molecule has 0 aromatic heterocycles. The number of nitrogens with zero attached hydrogens (tertiary/aromatic N) is 1. The fourth-order valence-electron chi connectivity index (χ4n) is 2.24. The molecule has 4 nitrogen and oxygen atoms in total. The predicted molar refractivity (Wildman–Crippen MR) is 87.6 cm³/mol. The van der Waals surface area contributed by atoms with Gasteiger partial charge in [-0.25, -0.2) is 0 Å². The third-order valence-corrected chi connectivity index (χ3v) is 3.33. The minimum absolute atomic E-state index is 0.0225. The molecular weight excluding hydrogens is 276 g/mol. The Morgan fingerprint density at radius 2 is 1.82 bits per heavy atom. The molecule has 1 N–H and O–H groups in total. The van der Waals surface area contributed by atoms with Crippen LogP contribution in [0.5, 0.6) is 5.75 Å². The SMILES string of the molecule is COc1cccc(CN(C)CC(=O)NCc2ccccc2)c1. The average Bonchev–Trinajstić information content (AvgIpc) is 2.54. The van der Waals surface area contributed by atoms with Crippen molar-refractivity contribution in [2.45, 2.75) is 13.1 Å². The van der Waals surface area contributed by atoms with Crippen molar-refractivity contribution in [3.63, 3.8) is 0 Å². The number of methoxy groups -OCH3 is 1. The number of nitrogens with one attached hydrogen (secondary N) is 1. The van der Waals surface area contributed by atoms with Crippen LogP contribution in [-0.4, -0.2) is 31.5 Å². The van der Waals surface area contributed by atoms with Gasteiger partial charge in [0.25, 0.3) is 0 Å². The lowest BCUT2D eigenvalue weighted by atomic mass is 10.2. The van der Waals surface area contributed by atoms with Gasteiger partial charge in [-0.05, 0) is 30.3 Å². The number of amides is 1. The summed E-state index contributed by atoms with van der Waals surface area (Å²) in [5.74, 6) is 0.855. The second-order valence-corrected chi connectivity index (χ2v) is 5.29. The van der Waals surface area contributed by atoms with Crippen molar-refractivity contribution >= 4 is 5.91 Å². The highest BCUT2D eigenvalue weighted by Crippen LogP contribution is 2.13. The number of carbonyl (C=O) groups is 1. The van der Waals surface area contributed by atoms with Crippen molar-refractivity contribution in [1.82, 2.24) is 10.2 Å². The zero-order chi connectivity index (χ0) is 15.8. The molecule has 0 aliphatic rings. The number of ether oxygens (including phenoxy) is 1.